The molecule has 0 radical (unpaired) electrons. The van der Waals surface area contributed by atoms with Gasteiger partial charge in [0.05, 0.1) is 6.04 Å². The third kappa shape index (κ3) is 7.89. The lowest BCUT2D eigenvalue weighted by Crippen LogP contribution is -2.58. The molecule has 0 aromatic heterocycles. The molecule has 0 bridgehead atoms. The summed E-state index contributed by atoms with van der Waals surface area (Å²) < 4.78 is 5.64. The summed E-state index contributed by atoms with van der Waals surface area (Å²) in [5.41, 5.74) is 3.39. The zero-order valence-electron chi connectivity index (χ0n) is 24.5. The highest BCUT2D eigenvalue weighted by molar-refractivity contribution is 6.30. The molecule has 41 heavy (non-hydrogen) atoms. The molecule has 0 spiro atoms. The highest BCUT2D eigenvalue weighted by atomic mass is 35.5. The lowest BCUT2D eigenvalue weighted by atomic mass is 9.94. The van der Waals surface area contributed by atoms with Crippen molar-refractivity contribution in [3.05, 3.63) is 70.2 Å². The van der Waals surface area contributed by atoms with Gasteiger partial charge in [-0.3, -0.25) is 14.5 Å². The first kappa shape index (κ1) is 30.0. The van der Waals surface area contributed by atoms with Crippen LogP contribution in [0.5, 0.6) is 0 Å². The monoisotopic (exact) mass is 580 g/mol. The van der Waals surface area contributed by atoms with Crippen molar-refractivity contribution in [3.8, 4) is 0 Å². The maximum absolute atomic E-state index is 14.0. The first-order valence-corrected chi connectivity index (χ1v) is 15.7. The fraction of sp³-hybridized carbons (Fsp3) is 0.576. The topological polar surface area (TPSA) is 73.9 Å². The summed E-state index contributed by atoms with van der Waals surface area (Å²) in [6, 6.07) is 15.8. The zero-order chi connectivity index (χ0) is 28.8. The second-order valence-electron chi connectivity index (χ2n) is 12.3. The van der Waals surface area contributed by atoms with E-state index in [0.29, 0.717) is 55.5 Å². The molecule has 2 saturated heterocycles. The number of halogens is 1. The number of rotatable bonds is 9. The molecule has 2 unspecified atom stereocenters. The summed E-state index contributed by atoms with van der Waals surface area (Å²) in [7, 11) is 0. The van der Waals surface area contributed by atoms with Crippen LogP contribution in [0.3, 0.4) is 0 Å². The maximum Gasteiger partial charge on any atom is 0.245 e. The molecule has 5 rings (SSSR count). The van der Waals surface area contributed by atoms with Crippen molar-refractivity contribution >= 4 is 23.4 Å². The Hall–Kier alpha value is -2.45. The minimum absolute atomic E-state index is 0.00411. The molecule has 7 nitrogen and oxygen atoms in total. The molecular weight excluding hydrogens is 536 g/mol. The van der Waals surface area contributed by atoms with Crippen LogP contribution in [0.15, 0.2) is 48.5 Å². The van der Waals surface area contributed by atoms with Crippen molar-refractivity contribution in [2.75, 3.05) is 32.8 Å². The van der Waals surface area contributed by atoms with Gasteiger partial charge < -0.3 is 20.3 Å². The number of carbonyl (C=O) groups is 2. The Labute approximate surface area is 249 Å². The number of hydrogen-bond acceptors (Lipinski definition) is 5. The molecular formula is C33H45ClN4O3. The number of nitrogens with one attached hydrogen (secondary N) is 2. The first-order chi connectivity index (χ1) is 19.9. The van der Waals surface area contributed by atoms with Crippen LogP contribution in [0, 0.1) is 5.92 Å². The normalized spacial score (nSPS) is 21.1. The van der Waals surface area contributed by atoms with Crippen molar-refractivity contribution in [2.45, 2.75) is 83.1 Å². The molecule has 2 amide bonds. The Morgan fingerprint density at radius 1 is 1.00 bits per heavy atom. The van der Waals surface area contributed by atoms with Gasteiger partial charge in [0.25, 0.3) is 0 Å². The fourth-order valence-electron chi connectivity index (χ4n) is 6.64. The van der Waals surface area contributed by atoms with E-state index >= 15 is 0 Å². The van der Waals surface area contributed by atoms with E-state index in [0.717, 1.165) is 51.0 Å². The van der Waals surface area contributed by atoms with E-state index in [9.17, 15) is 9.59 Å². The number of likely N-dealkylation sites (tertiary alicyclic amines) is 1. The van der Waals surface area contributed by atoms with Gasteiger partial charge in [-0.2, -0.15) is 0 Å². The number of piperidine rings is 1. The molecule has 2 aromatic rings. The smallest absolute Gasteiger partial charge is 0.245 e. The van der Waals surface area contributed by atoms with Crippen molar-refractivity contribution < 1.29 is 14.3 Å². The molecule has 2 N–H and O–H groups in total. The third-order valence-corrected chi connectivity index (χ3v) is 9.10. The van der Waals surface area contributed by atoms with Crippen molar-refractivity contribution in [2.24, 2.45) is 5.92 Å². The van der Waals surface area contributed by atoms with Crippen LogP contribution in [0.1, 0.15) is 56.2 Å². The van der Waals surface area contributed by atoms with Gasteiger partial charge >= 0.3 is 0 Å². The summed E-state index contributed by atoms with van der Waals surface area (Å²) in [5, 5.41) is 7.16. The number of carbonyl (C=O) groups excluding carboxylic acids is 2. The Balaban J connectivity index is 1.25. The number of benzene rings is 2. The van der Waals surface area contributed by atoms with Crippen molar-refractivity contribution in [1.82, 2.24) is 20.4 Å². The zero-order valence-corrected chi connectivity index (χ0v) is 25.2. The lowest BCUT2D eigenvalue weighted by molar-refractivity contribution is -0.138. The van der Waals surface area contributed by atoms with E-state index in [2.05, 4.69) is 41.5 Å². The minimum Gasteiger partial charge on any atom is -0.381 e. The SMILES string of the molecule is CC(C)CN(C1CCOCC1)C1CCN(C(=O)C(Cc2ccc(Cl)cc2)NC(=O)C2Cc3ccccc3CN2)CC1. The fourth-order valence-corrected chi connectivity index (χ4v) is 6.77. The Bertz CT molecular complexity index is 1160. The maximum atomic E-state index is 14.0. The highest BCUT2D eigenvalue weighted by Gasteiger charge is 2.35. The first-order valence-electron chi connectivity index (χ1n) is 15.3. The average Bonchev–Trinajstić information content (AvgIpc) is 3.00. The molecule has 0 saturated carbocycles. The Morgan fingerprint density at radius 2 is 1.66 bits per heavy atom. The molecule has 3 aliphatic rings. The molecule has 222 valence electrons. The predicted octanol–water partition coefficient (Wildman–Crippen LogP) is 4.21. The molecule has 2 atom stereocenters. The molecule has 2 fully saturated rings. The molecule has 3 aliphatic heterocycles. The van der Waals surface area contributed by atoms with Gasteiger partial charge in [0.1, 0.15) is 6.04 Å². The van der Waals surface area contributed by atoms with Crippen LogP contribution in [0.4, 0.5) is 0 Å². The minimum atomic E-state index is -0.624. The largest absolute Gasteiger partial charge is 0.381 e. The van der Waals surface area contributed by atoms with Crippen LogP contribution in [0.25, 0.3) is 0 Å². The van der Waals surface area contributed by atoms with E-state index in [-0.39, 0.29) is 17.9 Å². The third-order valence-electron chi connectivity index (χ3n) is 8.85. The summed E-state index contributed by atoms with van der Waals surface area (Å²) in [6.07, 6.45) is 5.14. The van der Waals surface area contributed by atoms with Gasteiger partial charge in [-0.1, -0.05) is 61.8 Å². The number of fused-ring (bicyclic) bond motifs is 1. The van der Waals surface area contributed by atoms with Gasteiger partial charge in [0.2, 0.25) is 11.8 Å². The Kier molecular flexibility index (Phi) is 10.4. The van der Waals surface area contributed by atoms with E-state index in [1.165, 1.54) is 11.1 Å². The van der Waals surface area contributed by atoms with Gasteiger partial charge in [-0.05, 0) is 66.8 Å². The quantitative estimate of drug-likeness (QED) is 0.465. The Morgan fingerprint density at radius 3 is 2.34 bits per heavy atom. The summed E-state index contributed by atoms with van der Waals surface area (Å²) >= 11 is 6.12. The highest BCUT2D eigenvalue weighted by Crippen LogP contribution is 2.26. The van der Waals surface area contributed by atoms with Crippen LogP contribution >= 0.6 is 11.6 Å². The second-order valence-corrected chi connectivity index (χ2v) is 12.7. The lowest BCUT2D eigenvalue weighted by Gasteiger charge is -2.44. The van der Waals surface area contributed by atoms with Crippen LogP contribution in [-0.2, 0) is 33.7 Å². The molecule has 2 aromatic carbocycles. The number of amides is 2. The summed E-state index contributed by atoms with van der Waals surface area (Å²) in [4.78, 5) is 32.1. The van der Waals surface area contributed by atoms with E-state index in [1.807, 2.05) is 41.3 Å². The predicted molar refractivity (Wildman–Crippen MR) is 163 cm³/mol. The van der Waals surface area contributed by atoms with E-state index in [1.54, 1.807) is 0 Å². The van der Waals surface area contributed by atoms with Gasteiger partial charge in [0, 0.05) is 62.9 Å². The summed E-state index contributed by atoms with van der Waals surface area (Å²) in [5.74, 6) is 0.477. The number of ether oxygens (including phenoxy) is 1. The standard InChI is InChI=1S/C33H45ClN4O3/c1-23(2)22-38(29-13-17-41-18-14-29)28-11-15-37(16-12-28)33(40)31(19-24-7-9-27(34)10-8-24)36-32(39)30-20-25-5-3-4-6-26(25)21-35-30/h3-10,23,28-31,35H,11-22H2,1-2H3,(H,36,39). The second kappa shape index (κ2) is 14.1. The van der Waals surface area contributed by atoms with Gasteiger partial charge in [-0.25, -0.2) is 0 Å². The van der Waals surface area contributed by atoms with Gasteiger partial charge in [0.15, 0.2) is 0 Å². The van der Waals surface area contributed by atoms with Crippen LogP contribution in [0.2, 0.25) is 5.02 Å². The summed E-state index contributed by atoms with van der Waals surface area (Å²) in [6.45, 7) is 9.40. The van der Waals surface area contributed by atoms with Crippen LogP contribution < -0.4 is 10.6 Å². The van der Waals surface area contributed by atoms with E-state index < -0.39 is 6.04 Å². The van der Waals surface area contributed by atoms with E-state index in [4.69, 9.17) is 16.3 Å². The molecule has 0 aliphatic carbocycles. The van der Waals surface area contributed by atoms with Crippen molar-refractivity contribution in [1.29, 1.82) is 0 Å². The average molecular weight is 581 g/mol. The van der Waals surface area contributed by atoms with Crippen LogP contribution in [-0.4, -0.2) is 78.6 Å². The molecule has 3 heterocycles. The number of nitrogens with zero attached hydrogens (tertiary/aromatic N) is 2. The number of hydrogen-bond donors (Lipinski definition) is 2. The van der Waals surface area contributed by atoms with Crippen molar-refractivity contribution in [3.63, 3.8) is 0 Å². The molecule has 8 heteroatoms. The van der Waals surface area contributed by atoms with Gasteiger partial charge in [-0.15, -0.1) is 0 Å².